The molecule has 138 valence electrons. The fourth-order valence-electron chi connectivity index (χ4n) is 3.41. The third-order valence-electron chi connectivity index (χ3n) is 4.62. The molecule has 1 aliphatic heterocycles. The van der Waals surface area contributed by atoms with E-state index in [1.165, 1.54) is 11.1 Å². The Balaban J connectivity index is 1.92. The first-order valence-electron chi connectivity index (χ1n) is 9.38. The number of hydrogen-bond acceptors (Lipinski definition) is 3. The average Bonchev–Trinajstić information content (AvgIpc) is 2.98. The maximum atomic E-state index is 12.5. The van der Waals surface area contributed by atoms with E-state index in [4.69, 9.17) is 0 Å². The van der Waals surface area contributed by atoms with Crippen LogP contribution >= 0.6 is 0 Å². The molecule has 0 aliphatic carbocycles. The van der Waals surface area contributed by atoms with E-state index in [9.17, 15) is 4.79 Å². The molecule has 1 heterocycles. The van der Waals surface area contributed by atoms with E-state index in [2.05, 4.69) is 66.6 Å². The molecule has 0 unspecified atom stereocenters. The highest BCUT2D eigenvalue weighted by molar-refractivity contribution is 5.82. The van der Waals surface area contributed by atoms with Crippen molar-refractivity contribution in [1.82, 2.24) is 15.5 Å². The van der Waals surface area contributed by atoms with Crippen LogP contribution < -0.4 is 10.6 Å². The Kier molecular flexibility index (Phi) is 7.21. The molecule has 4 heteroatoms. The molecule has 0 spiro atoms. The van der Waals surface area contributed by atoms with E-state index < -0.39 is 0 Å². The van der Waals surface area contributed by atoms with Crippen molar-refractivity contribution in [1.29, 1.82) is 0 Å². The summed E-state index contributed by atoms with van der Waals surface area (Å²) in [4.78, 5) is 14.8. The largest absolute Gasteiger partial charge is 0.353 e. The summed E-state index contributed by atoms with van der Waals surface area (Å²) in [5.41, 5.74) is 2.53. The summed E-state index contributed by atoms with van der Waals surface area (Å²) in [5, 5.41) is 6.70. The van der Waals surface area contributed by atoms with Crippen molar-refractivity contribution in [2.24, 2.45) is 0 Å². The normalized spacial score (nSPS) is 22.0. The van der Waals surface area contributed by atoms with Crippen LogP contribution in [0.5, 0.6) is 0 Å². The van der Waals surface area contributed by atoms with Gasteiger partial charge in [-0.3, -0.25) is 9.69 Å². The zero-order valence-corrected chi connectivity index (χ0v) is 16.3. The number of likely N-dealkylation sites (tertiary alicyclic amines) is 1. The number of carbonyl (C=O) groups excluding carboxylic acids is 1. The first kappa shape index (κ1) is 19.7. The van der Waals surface area contributed by atoms with Gasteiger partial charge in [-0.25, -0.2) is 0 Å². The minimum atomic E-state index is -0.0293. The molecule has 1 aromatic rings. The van der Waals surface area contributed by atoms with Gasteiger partial charge in [-0.15, -0.1) is 0 Å². The molecule has 0 saturated carbocycles. The standard InChI is InChI=1S/C21H33N3O/c1-15(2)23-21(25)20-12-19(14-24(20)16(3)4)22-13-17(5)11-18-9-7-6-8-10-18/h6-11,15-16,19-20,22H,12-14H2,1-5H3,(H,23,25)/b17-11+/t19-,20+/m1/s1. The van der Waals surface area contributed by atoms with Crippen molar-refractivity contribution < 1.29 is 4.79 Å². The summed E-state index contributed by atoms with van der Waals surface area (Å²) in [6.45, 7) is 12.3. The number of carbonyl (C=O) groups is 1. The van der Waals surface area contributed by atoms with Gasteiger partial charge in [0.1, 0.15) is 0 Å². The third kappa shape index (κ3) is 5.98. The van der Waals surface area contributed by atoms with Crippen molar-refractivity contribution in [2.75, 3.05) is 13.1 Å². The van der Waals surface area contributed by atoms with Crippen molar-refractivity contribution in [3.8, 4) is 0 Å². The fraction of sp³-hybridized carbons (Fsp3) is 0.571. The second kappa shape index (κ2) is 9.16. The van der Waals surface area contributed by atoms with Gasteiger partial charge >= 0.3 is 0 Å². The lowest BCUT2D eigenvalue weighted by Gasteiger charge is -2.27. The quantitative estimate of drug-likeness (QED) is 0.800. The number of amides is 1. The van der Waals surface area contributed by atoms with Crippen LogP contribution in [-0.2, 0) is 4.79 Å². The number of nitrogens with one attached hydrogen (secondary N) is 2. The Bertz CT molecular complexity index is 580. The lowest BCUT2D eigenvalue weighted by molar-refractivity contribution is -0.126. The summed E-state index contributed by atoms with van der Waals surface area (Å²) in [5.74, 6) is 0.157. The van der Waals surface area contributed by atoms with Crippen LogP contribution in [0, 0.1) is 0 Å². The average molecular weight is 344 g/mol. The van der Waals surface area contributed by atoms with E-state index >= 15 is 0 Å². The van der Waals surface area contributed by atoms with Gasteiger partial charge < -0.3 is 10.6 Å². The lowest BCUT2D eigenvalue weighted by atomic mass is 10.1. The molecular formula is C21H33N3O. The molecule has 1 amide bonds. The molecule has 0 aromatic heterocycles. The van der Waals surface area contributed by atoms with Crippen molar-refractivity contribution in [3.05, 3.63) is 41.5 Å². The van der Waals surface area contributed by atoms with Gasteiger partial charge in [0.15, 0.2) is 0 Å². The second-order valence-corrected chi connectivity index (χ2v) is 7.68. The first-order valence-corrected chi connectivity index (χ1v) is 9.38. The molecule has 2 atom stereocenters. The molecule has 1 aromatic carbocycles. The maximum absolute atomic E-state index is 12.5. The van der Waals surface area contributed by atoms with Gasteiger partial charge in [0.05, 0.1) is 6.04 Å². The molecular weight excluding hydrogens is 310 g/mol. The Morgan fingerprint density at radius 3 is 2.52 bits per heavy atom. The van der Waals surface area contributed by atoms with Crippen LogP contribution in [0.3, 0.4) is 0 Å². The monoisotopic (exact) mass is 343 g/mol. The van der Waals surface area contributed by atoms with Crippen LogP contribution in [0.1, 0.15) is 46.6 Å². The second-order valence-electron chi connectivity index (χ2n) is 7.68. The highest BCUT2D eigenvalue weighted by atomic mass is 16.2. The highest BCUT2D eigenvalue weighted by Gasteiger charge is 2.37. The maximum Gasteiger partial charge on any atom is 0.237 e. The fourth-order valence-corrected chi connectivity index (χ4v) is 3.41. The van der Waals surface area contributed by atoms with Crippen LogP contribution in [0.2, 0.25) is 0 Å². The van der Waals surface area contributed by atoms with Crippen LogP contribution in [0.4, 0.5) is 0 Å². The predicted molar refractivity (Wildman–Crippen MR) is 105 cm³/mol. The number of nitrogens with zero attached hydrogens (tertiary/aromatic N) is 1. The van der Waals surface area contributed by atoms with E-state index in [1.54, 1.807) is 0 Å². The van der Waals surface area contributed by atoms with Gasteiger partial charge in [0, 0.05) is 31.2 Å². The molecule has 2 N–H and O–H groups in total. The number of rotatable bonds is 7. The van der Waals surface area contributed by atoms with Crippen molar-refractivity contribution >= 4 is 12.0 Å². The zero-order valence-electron chi connectivity index (χ0n) is 16.3. The minimum absolute atomic E-state index is 0.0293. The Morgan fingerprint density at radius 2 is 1.92 bits per heavy atom. The zero-order chi connectivity index (χ0) is 18.4. The van der Waals surface area contributed by atoms with Crippen LogP contribution in [0.25, 0.3) is 6.08 Å². The Morgan fingerprint density at radius 1 is 1.24 bits per heavy atom. The SMILES string of the molecule is C/C(=C\c1ccccc1)CN[C@@H]1C[C@@H](C(=O)NC(C)C)N(C(C)C)C1. The van der Waals surface area contributed by atoms with Gasteiger partial charge in [0.2, 0.25) is 5.91 Å². The van der Waals surface area contributed by atoms with E-state index in [-0.39, 0.29) is 18.0 Å². The number of benzene rings is 1. The Labute approximate surface area is 152 Å². The summed E-state index contributed by atoms with van der Waals surface area (Å²) in [7, 11) is 0. The predicted octanol–water partition coefficient (Wildman–Crippen LogP) is 3.06. The Hall–Kier alpha value is -1.65. The third-order valence-corrected chi connectivity index (χ3v) is 4.62. The molecule has 0 radical (unpaired) electrons. The molecule has 25 heavy (non-hydrogen) atoms. The lowest BCUT2D eigenvalue weighted by Crippen LogP contribution is -2.47. The summed E-state index contributed by atoms with van der Waals surface area (Å²) >= 11 is 0. The molecule has 0 bridgehead atoms. The van der Waals surface area contributed by atoms with Crippen LogP contribution in [-0.4, -0.2) is 48.1 Å². The van der Waals surface area contributed by atoms with Gasteiger partial charge in [-0.2, -0.15) is 0 Å². The summed E-state index contributed by atoms with van der Waals surface area (Å²) in [6.07, 6.45) is 3.08. The van der Waals surface area contributed by atoms with E-state index in [0.717, 1.165) is 19.5 Å². The van der Waals surface area contributed by atoms with Gasteiger partial charge in [0.25, 0.3) is 0 Å². The van der Waals surface area contributed by atoms with E-state index in [1.807, 2.05) is 19.9 Å². The highest BCUT2D eigenvalue weighted by Crippen LogP contribution is 2.21. The van der Waals surface area contributed by atoms with Crippen LogP contribution in [0.15, 0.2) is 35.9 Å². The van der Waals surface area contributed by atoms with Gasteiger partial charge in [-0.1, -0.05) is 42.0 Å². The molecule has 1 fully saturated rings. The topological polar surface area (TPSA) is 44.4 Å². The molecule has 1 saturated heterocycles. The number of hydrogen-bond donors (Lipinski definition) is 2. The van der Waals surface area contributed by atoms with Crippen molar-refractivity contribution in [2.45, 2.75) is 65.2 Å². The summed E-state index contributed by atoms with van der Waals surface area (Å²) < 4.78 is 0. The van der Waals surface area contributed by atoms with E-state index in [0.29, 0.717) is 12.1 Å². The smallest absolute Gasteiger partial charge is 0.237 e. The summed E-state index contributed by atoms with van der Waals surface area (Å²) in [6, 6.07) is 11.3. The van der Waals surface area contributed by atoms with Gasteiger partial charge in [-0.05, 0) is 46.6 Å². The minimum Gasteiger partial charge on any atom is -0.353 e. The first-order chi connectivity index (χ1) is 11.9. The molecule has 2 rings (SSSR count). The van der Waals surface area contributed by atoms with Crippen molar-refractivity contribution in [3.63, 3.8) is 0 Å². The molecule has 4 nitrogen and oxygen atoms in total. The molecule has 1 aliphatic rings.